The number of aryl methyl sites for hydroxylation is 1. The van der Waals surface area contributed by atoms with Crippen molar-refractivity contribution in [2.75, 3.05) is 0 Å². The minimum Gasteiger partial charge on any atom is -0.467 e. The molecule has 2 aromatic heterocycles. The Balaban J connectivity index is 1.83. The minimum absolute atomic E-state index is 0.125. The zero-order valence-corrected chi connectivity index (χ0v) is 17.9. The van der Waals surface area contributed by atoms with Gasteiger partial charge in [0.05, 0.1) is 29.8 Å². The molecule has 4 aromatic rings. The molecule has 31 heavy (non-hydrogen) atoms. The molecule has 2 heterocycles. The molecule has 1 amide bonds. The molecule has 0 aliphatic rings. The summed E-state index contributed by atoms with van der Waals surface area (Å²) in [6, 6.07) is 18.0. The molecule has 1 atom stereocenters. The third-order valence-electron chi connectivity index (χ3n) is 5.54. The van der Waals surface area contributed by atoms with Crippen molar-refractivity contribution in [3.8, 4) is 0 Å². The van der Waals surface area contributed by atoms with E-state index in [2.05, 4.69) is 0 Å². The highest BCUT2D eigenvalue weighted by Crippen LogP contribution is 2.27. The summed E-state index contributed by atoms with van der Waals surface area (Å²) in [6.07, 6.45) is 2.19. The van der Waals surface area contributed by atoms with E-state index in [1.165, 1.54) is 0 Å². The smallest absolute Gasteiger partial charge is 0.261 e. The summed E-state index contributed by atoms with van der Waals surface area (Å²) in [4.78, 5) is 33.1. The van der Waals surface area contributed by atoms with E-state index in [1.807, 2.05) is 62.4 Å². The molecule has 158 valence electrons. The lowest BCUT2D eigenvalue weighted by Gasteiger charge is -2.31. The first-order valence-corrected chi connectivity index (χ1v) is 10.3. The van der Waals surface area contributed by atoms with Gasteiger partial charge in [0, 0.05) is 12.6 Å². The summed E-state index contributed by atoms with van der Waals surface area (Å²) < 4.78 is 7.09. The fourth-order valence-corrected chi connectivity index (χ4v) is 3.83. The van der Waals surface area contributed by atoms with Gasteiger partial charge in [-0.25, -0.2) is 4.98 Å². The van der Waals surface area contributed by atoms with Gasteiger partial charge in [0.1, 0.15) is 11.6 Å². The molecular formula is C25H25N3O3. The lowest BCUT2D eigenvalue weighted by molar-refractivity contribution is 0.0622. The first-order chi connectivity index (χ1) is 15.0. The van der Waals surface area contributed by atoms with Crippen LogP contribution in [-0.4, -0.2) is 20.4 Å². The Morgan fingerprint density at radius 2 is 1.84 bits per heavy atom. The summed E-state index contributed by atoms with van der Waals surface area (Å²) in [5.41, 5.74) is 2.17. The average molecular weight is 415 g/mol. The fourth-order valence-electron chi connectivity index (χ4n) is 3.83. The summed E-state index contributed by atoms with van der Waals surface area (Å²) in [7, 11) is 1.71. The van der Waals surface area contributed by atoms with Crippen LogP contribution in [0.3, 0.4) is 0 Å². The van der Waals surface area contributed by atoms with Gasteiger partial charge in [0.2, 0.25) is 0 Å². The number of carbonyl (C=O) groups is 1. The van der Waals surface area contributed by atoms with Crippen molar-refractivity contribution in [3.05, 3.63) is 100.0 Å². The second kappa shape index (κ2) is 8.60. The molecule has 6 nitrogen and oxygen atoms in total. The van der Waals surface area contributed by atoms with Gasteiger partial charge in [-0.2, -0.15) is 0 Å². The first-order valence-electron chi connectivity index (χ1n) is 10.3. The Bertz CT molecular complexity index is 1260. The number of hydrogen-bond donors (Lipinski definition) is 0. The van der Waals surface area contributed by atoms with Crippen molar-refractivity contribution in [1.82, 2.24) is 14.5 Å². The molecule has 0 radical (unpaired) electrons. The second-order valence-corrected chi connectivity index (χ2v) is 7.65. The third kappa shape index (κ3) is 4.01. The quantitative estimate of drug-likeness (QED) is 0.460. The first kappa shape index (κ1) is 20.6. The van der Waals surface area contributed by atoms with E-state index in [0.717, 1.165) is 5.56 Å². The van der Waals surface area contributed by atoms with Crippen LogP contribution in [0.1, 0.15) is 46.9 Å². The van der Waals surface area contributed by atoms with Gasteiger partial charge in [0.25, 0.3) is 11.5 Å². The Labute approximate surface area is 180 Å². The van der Waals surface area contributed by atoms with E-state index in [1.54, 1.807) is 34.9 Å². The van der Waals surface area contributed by atoms with E-state index >= 15 is 0 Å². The minimum atomic E-state index is -0.402. The van der Waals surface area contributed by atoms with Gasteiger partial charge in [0.15, 0.2) is 0 Å². The molecule has 0 saturated heterocycles. The highest BCUT2D eigenvalue weighted by molar-refractivity contribution is 5.94. The summed E-state index contributed by atoms with van der Waals surface area (Å²) in [6.45, 7) is 4.25. The van der Waals surface area contributed by atoms with E-state index in [0.29, 0.717) is 34.5 Å². The van der Waals surface area contributed by atoms with Crippen LogP contribution in [-0.2, 0) is 13.6 Å². The van der Waals surface area contributed by atoms with Crippen LogP contribution < -0.4 is 5.56 Å². The predicted molar refractivity (Wildman–Crippen MR) is 120 cm³/mol. The zero-order valence-electron chi connectivity index (χ0n) is 17.9. The number of hydrogen-bond acceptors (Lipinski definition) is 4. The molecule has 0 saturated carbocycles. The lowest BCUT2D eigenvalue weighted by atomic mass is 10.1. The van der Waals surface area contributed by atoms with E-state index in [4.69, 9.17) is 9.40 Å². The summed E-state index contributed by atoms with van der Waals surface area (Å²) >= 11 is 0. The Hall–Kier alpha value is -3.67. The van der Waals surface area contributed by atoms with Crippen LogP contribution in [0.2, 0.25) is 0 Å². The molecule has 0 aliphatic carbocycles. The van der Waals surface area contributed by atoms with Crippen LogP contribution in [0, 0.1) is 6.92 Å². The van der Waals surface area contributed by atoms with Crippen molar-refractivity contribution in [2.45, 2.75) is 32.9 Å². The topological polar surface area (TPSA) is 68.3 Å². The van der Waals surface area contributed by atoms with Gasteiger partial charge in [-0.3, -0.25) is 14.2 Å². The number of fused-ring (bicyclic) bond motifs is 1. The number of furan rings is 1. The molecule has 0 fully saturated rings. The van der Waals surface area contributed by atoms with Gasteiger partial charge in [-0.15, -0.1) is 0 Å². The van der Waals surface area contributed by atoms with Crippen LogP contribution in [0.5, 0.6) is 0 Å². The van der Waals surface area contributed by atoms with Crippen LogP contribution in [0.15, 0.2) is 76.1 Å². The zero-order chi connectivity index (χ0) is 22.0. The number of amides is 1. The SMILES string of the molecule is CCC(c1nc2ccccc2c(=O)n1C)N(Cc1ccco1)C(=O)c1ccc(C)cc1. The number of carbonyl (C=O) groups excluding carboxylic acids is 1. The van der Waals surface area contributed by atoms with Gasteiger partial charge < -0.3 is 9.32 Å². The number of rotatable bonds is 6. The summed E-state index contributed by atoms with van der Waals surface area (Å²) in [5, 5.41) is 0.561. The van der Waals surface area contributed by atoms with Crippen molar-refractivity contribution in [3.63, 3.8) is 0 Å². The molecule has 0 aliphatic heterocycles. The standard InChI is InChI=1S/C25H25N3O3/c1-4-22(23-26-21-10-6-5-9-20(21)25(30)27(23)3)28(16-19-8-7-15-31-19)24(29)18-13-11-17(2)12-14-18/h5-15,22H,4,16H2,1-3H3. The van der Waals surface area contributed by atoms with Gasteiger partial charge in [-0.1, -0.05) is 36.8 Å². The predicted octanol–water partition coefficient (Wildman–Crippen LogP) is 4.63. The van der Waals surface area contributed by atoms with E-state index in [9.17, 15) is 9.59 Å². The van der Waals surface area contributed by atoms with Crippen LogP contribution >= 0.6 is 0 Å². The molecule has 1 unspecified atom stereocenters. The maximum absolute atomic E-state index is 13.6. The maximum Gasteiger partial charge on any atom is 0.261 e. The molecular weight excluding hydrogens is 390 g/mol. The third-order valence-corrected chi connectivity index (χ3v) is 5.54. The van der Waals surface area contributed by atoms with E-state index in [-0.39, 0.29) is 18.0 Å². The molecule has 0 bridgehead atoms. The number of aromatic nitrogens is 2. The van der Waals surface area contributed by atoms with Crippen molar-refractivity contribution in [1.29, 1.82) is 0 Å². The summed E-state index contributed by atoms with van der Waals surface area (Å²) in [5.74, 6) is 1.09. The van der Waals surface area contributed by atoms with Crippen LogP contribution in [0.25, 0.3) is 10.9 Å². The molecule has 0 N–H and O–H groups in total. The van der Waals surface area contributed by atoms with Gasteiger partial charge in [-0.05, 0) is 49.7 Å². The van der Waals surface area contributed by atoms with E-state index < -0.39 is 6.04 Å². The highest BCUT2D eigenvalue weighted by atomic mass is 16.3. The largest absolute Gasteiger partial charge is 0.467 e. The number of nitrogens with zero attached hydrogens (tertiary/aromatic N) is 3. The fraction of sp³-hybridized carbons (Fsp3) is 0.240. The maximum atomic E-state index is 13.6. The normalized spacial score (nSPS) is 12.1. The van der Waals surface area contributed by atoms with Crippen molar-refractivity contribution in [2.24, 2.45) is 7.05 Å². The number of para-hydroxylation sites is 1. The van der Waals surface area contributed by atoms with Crippen molar-refractivity contribution < 1.29 is 9.21 Å². The molecule has 0 spiro atoms. The van der Waals surface area contributed by atoms with Crippen molar-refractivity contribution >= 4 is 16.8 Å². The van der Waals surface area contributed by atoms with Crippen LogP contribution in [0.4, 0.5) is 0 Å². The molecule has 6 heteroatoms. The molecule has 2 aromatic carbocycles. The monoisotopic (exact) mass is 415 g/mol. The Morgan fingerprint density at radius 3 is 2.52 bits per heavy atom. The Kier molecular flexibility index (Phi) is 5.71. The highest BCUT2D eigenvalue weighted by Gasteiger charge is 2.29. The average Bonchev–Trinajstić information content (AvgIpc) is 3.30. The van der Waals surface area contributed by atoms with Gasteiger partial charge >= 0.3 is 0 Å². The lowest BCUT2D eigenvalue weighted by Crippen LogP contribution is -2.38. The Morgan fingerprint density at radius 1 is 1.10 bits per heavy atom. The molecule has 4 rings (SSSR count). The number of benzene rings is 2. The second-order valence-electron chi connectivity index (χ2n) is 7.65.